The van der Waals surface area contributed by atoms with Crippen LogP contribution in [0.4, 0.5) is 5.69 Å². The van der Waals surface area contributed by atoms with Crippen LogP contribution in [0.5, 0.6) is 0 Å². The van der Waals surface area contributed by atoms with Gasteiger partial charge in [0.25, 0.3) is 17.7 Å². The SMILES string of the molecule is O=C(CCCN1C(=O)c2ccc(Br)cc2C1=O)NCc1ccc(NC(=O)c2cccnc2)cc1. The molecule has 0 atom stereocenters. The summed E-state index contributed by atoms with van der Waals surface area (Å²) in [5.41, 5.74) is 2.74. The van der Waals surface area contributed by atoms with Gasteiger partial charge in [0.1, 0.15) is 0 Å². The molecule has 0 aliphatic carbocycles. The van der Waals surface area contributed by atoms with Gasteiger partial charge in [-0.05, 0) is 54.4 Å². The molecule has 1 aromatic heterocycles. The van der Waals surface area contributed by atoms with Gasteiger partial charge >= 0.3 is 0 Å². The number of nitrogens with one attached hydrogen (secondary N) is 2. The fraction of sp³-hybridized carbons (Fsp3) is 0.160. The van der Waals surface area contributed by atoms with E-state index in [2.05, 4.69) is 31.5 Å². The average Bonchev–Trinajstić information content (AvgIpc) is 3.08. The van der Waals surface area contributed by atoms with Crippen LogP contribution in [0.25, 0.3) is 0 Å². The number of carbonyl (C=O) groups is 4. The highest BCUT2D eigenvalue weighted by Gasteiger charge is 2.35. The first-order valence-electron chi connectivity index (χ1n) is 10.6. The molecule has 4 rings (SSSR count). The third kappa shape index (κ3) is 5.37. The number of rotatable bonds is 8. The van der Waals surface area contributed by atoms with E-state index in [1.165, 1.54) is 11.1 Å². The minimum absolute atomic E-state index is 0.173. The third-order valence-electron chi connectivity index (χ3n) is 5.34. The largest absolute Gasteiger partial charge is 0.352 e. The summed E-state index contributed by atoms with van der Waals surface area (Å²) in [7, 11) is 0. The zero-order valence-corrected chi connectivity index (χ0v) is 19.7. The number of nitrogens with zero attached hydrogens (tertiary/aromatic N) is 2. The van der Waals surface area contributed by atoms with Crippen LogP contribution in [0.3, 0.4) is 0 Å². The lowest BCUT2D eigenvalue weighted by molar-refractivity contribution is -0.121. The van der Waals surface area contributed by atoms with E-state index in [1.54, 1.807) is 48.7 Å². The Bertz CT molecular complexity index is 1250. The molecule has 8 nitrogen and oxygen atoms in total. The number of aromatic nitrogens is 1. The fourth-order valence-corrected chi connectivity index (χ4v) is 3.92. The van der Waals surface area contributed by atoms with Gasteiger partial charge in [0.15, 0.2) is 0 Å². The highest BCUT2D eigenvalue weighted by molar-refractivity contribution is 9.10. The van der Waals surface area contributed by atoms with Crippen molar-refractivity contribution in [3.05, 3.63) is 93.7 Å². The summed E-state index contributed by atoms with van der Waals surface area (Å²) in [6, 6.07) is 15.5. The number of anilines is 1. The number of fused-ring (bicyclic) bond motifs is 1. The highest BCUT2D eigenvalue weighted by atomic mass is 79.9. The second kappa shape index (κ2) is 10.4. The molecule has 2 heterocycles. The Morgan fingerprint density at radius 2 is 1.74 bits per heavy atom. The van der Waals surface area contributed by atoms with Crippen LogP contribution >= 0.6 is 15.9 Å². The predicted octanol–water partition coefficient (Wildman–Crippen LogP) is 3.79. The first-order valence-corrected chi connectivity index (χ1v) is 11.4. The molecule has 0 radical (unpaired) electrons. The van der Waals surface area contributed by atoms with Gasteiger partial charge < -0.3 is 10.6 Å². The van der Waals surface area contributed by atoms with Gasteiger partial charge in [0.05, 0.1) is 16.7 Å². The van der Waals surface area contributed by atoms with Crippen molar-refractivity contribution in [2.75, 3.05) is 11.9 Å². The molecule has 34 heavy (non-hydrogen) atoms. The molecule has 9 heteroatoms. The van der Waals surface area contributed by atoms with Crippen molar-refractivity contribution in [3.8, 4) is 0 Å². The maximum absolute atomic E-state index is 12.5. The molecule has 0 unspecified atom stereocenters. The lowest BCUT2D eigenvalue weighted by Gasteiger charge is -2.13. The van der Waals surface area contributed by atoms with Crippen LogP contribution in [0.15, 0.2) is 71.5 Å². The van der Waals surface area contributed by atoms with E-state index in [0.29, 0.717) is 35.3 Å². The molecule has 0 spiro atoms. The molecule has 1 aliphatic heterocycles. The Morgan fingerprint density at radius 1 is 0.971 bits per heavy atom. The second-order valence-corrected chi connectivity index (χ2v) is 8.64. The third-order valence-corrected chi connectivity index (χ3v) is 5.84. The quantitative estimate of drug-likeness (QED) is 0.439. The van der Waals surface area contributed by atoms with Crippen molar-refractivity contribution >= 4 is 45.2 Å². The van der Waals surface area contributed by atoms with Crippen molar-refractivity contribution in [1.29, 1.82) is 0 Å². The summed E-state index contributed by atoms with van der Waals surface area (Å²) in [5, 5.41) is 5.62. The highest BCUT2D eigenvalue weighted by Crippen LogP contribution is 2.26. The minimum atomic E-state index is -0.336. The molecule has 1 aliphatic rings. The Balaban J connectivity index is 1.21. The Morgan fingerprint density at radius 3 is 2.47 bits per heavy atom. The van der Waals surface area contributed by atoms with Gasteiger partial charge in [-0.15, -0.1) is 0 Å². The molecule has 0 bridgehead atoms. The topological polar surface area (TPSA) is 108 Å². The maximum Gasteiger partial charge on any atom is 0.261 e. The van der Waals surface area contributed by atoms with Gasteiger partial charge in [-0.2, -0.15) is 0 Å². The molecule has 2 aromatic carbocycles. The van der Waals surface area contributed by atoms with E-state index >= 15 is 0 Å². The number of halogens is 1. The smallest absolute Gasteiger partial charge is 0.261 e. The van der Waals surface area contributed by atoms with E-state index in [1.807, 2.05) is 12.1 Å². The molecule has 0 saturated heterocycles. The molecule has 0 fully saturated rings. The first kappa shape index (κ1) is 23.3. The molecule has 172 valence electrons. The zero-order valence-electron chi connectivity index (χ0n) is 18.1. The molecular weight excluding hydrogens is 500 g/mol. The zero-order chi connectivity index (χ0) is 24.1. The number of imide groups is 1. The van der Waals surface area contributed by atoms with Gasteiger partial charge in [-0.25, -0.2) is 0 Å². The number of hydrogen-bond acceptors (Lipinski definition) is 5. The fourth-order valence-electron chi connectivity index (χ4n) is 3.56. The van der Waals surface area contributed by atoms with Crippen LogP contribution < -0.4 is 10.6 Å². The van der Waals surface area contributed by atoms with Gasteiger partial charge in [-0.3, -0.25) is 29.1 Å². The van der Waals surface area contributed by atoms with Crippen LogP contribution in [0.1, 0.15) is 49.5 Å². The normalized spacial score (nSPS) is 12.4. The summed E-state index contributed by atoms with van der Waals surface area (Å²) in [6.07, 6.45) is 3.66. The molecular formula is C25H21BrN4O4. The molecule has 3 aromatic rings. The van der Waals surface area contributed by atoms with Gasteiger partial charge in [0.2, 0.25) is 5.91 Å². The van der Waals surface area contributed by atoms with Crippen molar-refractivity contribution < 1.29 is 19.2 Å². The summed E-state index contributed by atoms with van der Waals surface area (Å²) < 4.78 is 0.734. The number of hydrogen-bond donors (Lipinski definition) is 2. The number of carbonyl (C=O) groups excluding carboxylic acids is 4. The predicted molar refractivity (Wildman–Crippen MR) is 129 cm³/mol. The average molecular weight is 521 g/mol. The van der Waals surface area contributed by atoms with E-state index in [9.17, 15) is 19.2 Å². The molecule has 0 saturated carbocycles. The van der Waals surface area contributed by atoms with Crippen LogP contribution in [0.2, 0.25) is 0 Å². The van der Waals surface area contributed by atoms with E-state index < -0.39 is 0 Å². The lowest BCUT2D eigenvalue weighted by Crippen LogP contribution is -2.32. The monoisotopic (exact) mass is 520 g/mol. The summed E-state index contributed by atoms with van der Waals surface area (Å²) >= 11 is 3.31. The molecule has 4 amide bonds. The van der Waals surface area contributed by atoms with Gasteiger partial charge in [0, 0.05) is 42.1 Å². The lowest BCUT2D eigenvalue weighted by atomic mass is 10.1. The van der Waals surface area contributed by atoms with E-state index in [4.69, 9.17) is 0 Å². The first-order chi connectivity index (χ1) is 16.4. The van der Waals surface area contributed by atoms with Gasteiger partial charge in [-0.1, -0.05) is 28.1 Å². The van der Waals surface area contributed by atoms with Crippen molar-refractivity contribution in [3.63, 3.8) is 0 Å². The summed E-state index contributed by atoms with van der Waals surface area (Å²) in [6.45, 7) is 0.513. The van der Waals surface area contributed by atoms with Crippen LogP contribution in [0, 0.1) is 0 Å². The Kier molecular flexibility index (Phi) is 7.12. The van der Waals surface area contributed by atoms with E-state index in [-0.39, 0.29) is 36.6 Å². The maximum atomic E-state index is 12.5. The van der Waals surface area contributed by atoms with Crippen molar-refractivity contribution in [2.45, 2.75) is 19.4 Å². The standard InChI is InChI=1S/C25H21BrN4O4/c26-18-7-10-20-21(13-18)25(34)30(24(20)33)12-2-4-22(31)28-14-16-5-8-19(9-6-16)29-23(32)17-3-1-11-27-15-17/h1,3,5-11,13,15H,2,4,12,14H2,(H,28,31)(H,29,32). The van der Waals surface area contributed by atoms with Crippen molar-refractivity contribution in [1.82, 2.24) is 15.2 Å². The molecule has 2 N–H and O–H groups in total. The Labute approximate surface area is 204 Å². The summed E-state index contributed by atoms with van der Waals surface area (Å²) in [5.74, 6) is -1.09. The Hall–Kier alpha value is -3.85. The van der Waals surface area contributed by atoms with Crippen molar-refractivity contribution in [2.24, 2.45) is 0 Å². The number of benzene rings is 2. The van der Waals surface area contributed by atoms with Crippen LogP contribution in [-0.2, 0) is 11.3 Å². The van der Waals surface area contributed by atoms with Crippen LogP contribution in [-0.4, -0.2) is 40.1 Å². The summed E-state index contributed by atoms with van der Waals surface area (Å²) in [4.78, 5) is 54.4. The second-order valence-electron chi connectivity index (χ2n) is 7.72. The minimum Gasteiger partial charge on any atom is -0.352 e. The number of pyridine rings is 1. The van der Waals surface area contributed by atoms with E-state index in [0.717, 1.165) is 10.0 Å². The number of amides is 4.